The molecule has 3 aromatic rings. The van der Waals surface area contributed by atoms with Gasteiger partial charge < -0.3 is 16.4 Å². The smallest absolute Gasteiger partial charge is 0.232 e. The number of nitrogen functional groups attached to an aromatic ring is 1. The number of para-hydroxylation sites is 1. The lowest BCUT2D eigenvalue weighted by Gasteiger charge is -2.21. The van der Waals surface area contributed by atoms with E-state index in [-0.39, 0.29) is 11.2 Å². The van der Waals surface area contributed by atoms with Crippen molar-refractivity contribution in [2.24, 2.45) is 0 Å². The Labute approximate surface area is 178 Å². The molecule has 4 rings (SSSR count). The second-order valence-electron chi connectivity index (χ2n) is 6.98. The summed E-state index contributed by atoms with van der Waals surface area (Å²) in [6.45, 7) is 2.03. The van der Waals surface area contributed by atoms with Crippen molar-refractivity contribution in [3.8, 4) is 0 Å². The van der Waals surface area contributed by atoms with E-state index in [1.807, 2.05) is 37.3 Å². The topological polar surface area (TPSA) is 115 Å². The molecule has 2 aromatic heterocycles. The average Bonchev–Trinajstić information content (AvgIpc) is 3.16. The van der Waals surface area contributed by atoms with E-state index in [2.05, 4.69) is 35.8 Å². The van der Waals surface area contributed by atoms with Gasteiger partial charge in [0.15, 0.2) is 4.34 Å². The maximum absolute atomic E-state index is 5.91. The summed E-state index contributed by atoms with van der Waals surface area (Å²) in [6, 6.07) is 10.2. The van der Waals surface area contributed by atoms with Crippen LogP contribution in [0.2, 0.25) is 0 Å². The minimum atomic E-state index is -0.0351. The molecule has 1 aliphatic rings. The van der Waals surface area contributed by atoms with Crippen molar-refractivity contribution < 1.29 is 0 Å². The fourth-order valence-electron chi connectivity index (χ4n) is 3.24. The normalized spacial score (nSPS) is 15.8. The van der Waals surface area contributed by atoms with Crippen LogP contribution in [-0.4, -0.2) is 31.2 Å². The number of aromatic nitrogens is 5. The van der Waals surface area contributed by atoms with Crippen molar-refractivity contribution in [3.63, 3.8) is 0 Å². The van der Waals surface area contributed by atoms with E-state index in [0.29, 0.717) is 17.8 Å². The lowest BCUT2D eigenvalue weighted by Crippen LogP contribution is -2.21. The first-order valence-electron chi connectivity index (χ1n) is 9.76. The van der Waals surface area contributed by atoms with Crippen molar-refractivity contribution in [1.29, 1.82) is 0 Å². The number of thioether (sulfide) groups is 1. The van der Waals surface area contributed by atoms with Gasteiger partial charge in [0.1, 0.15) is 5.82 Å². The van der Waals surface area contributed by atoms with Crippen LogP contribution in [0.1, 0.15) is 50.1 Å². The molecular formula is C19H24N8S2. The van der Waals surface area contributed by atoms with E-state index in [1.54, 1.807) is 23.1 Å². The first-order chi connectivity index (χ1) is 14.2. The van der Waals surface area contributed by atoms with Crippen LogP contribution in [0.5, 0.6) is 0 Å². The zero-order valence-corrected chi connectivity index (χ0v) is 17.8. The van der Waals surface area contributed by atoms with Gasteiger partial charge in [0.25, 0.3) is 0 Å². The Balaban J connectivity index is 1.41. The molecule has 0 spiro atoms. The second-order valence-corrected chi connectivity index (χ2v) is 9.54. The van der Waals surface area contributed by atoms with Gasteiger partial charge in [-0.15, -0.1) is 10.2 Å². The minimum Gasteiger partial charge on any atom is -0.368 e. The van der Waals surface area contributed by atoms with Crippen LogP contribution in [-0.2, 0) is 0 Å². The molecule has 1 aliphatic carbocycles. The molecule has 0 radical (unpaired) electrons. The van der Waals surface area contributed by atoms with E-state index in [0.717, 1.165) is 15.2 Å². The van der Waals surface area contributed by atoms with Gasteiger partial charge in [0, 0.05) is 11.7 Å². The maximum Gasteiger partial charge on any atom is 0.232 e. The summed E-state index contributed by atoms with van der Waals surface area (Å²) in [5.74, 6) is 1.23. The molecule has 2 heterocycles. The van der Waals surface area contributed by atoms with Crippen LogP contribution in [0.4, 0.5) is 22.7 Å². The number of benzene rings is 1. The second kappa shape index (κ2) is 9.36. The fourth-order valence-corrected chi connectivity index (χ4v) is 5.26. The molecule has 10 heteroatoms. The zero-order valence-electron chi connectivity index (χ0n) is 16.2. The van der Waals surface area contributed by atoms with E-state index < -0.39 is 0 Å². The van der Waals surface area contributed by atoms with Crippen LogP contribution in [0.3, 0.4) is 0 Å². The van der Waals surface area contributed by atoms with Gasteiger partial charge in [-0.1, -0.05) is 60.6 Å². The molecule has 0 saturated heterocycles. The molecule has 1 aromatic carbocycles. The third kappa shape index (κ3) is 5.54. The zero-order chi connectivity index (χ0) is 20.1. The fraction of sp³-hybridized carbons (Fsp3) is 0.421. The van der Waals surface area contributed by atoms with E-state index in [9.17, 15) is 0 Å². The molecule has 1 unspecified atom stereocenters. The Morgan fingerprint density at radius 3 is 2.66 bits per heavy atom. The van der Waals surface area contributed by atoms with Crippen LogP contribution in [0.25, 0.3) is 0 Å². The van der Waals surface area contributed by atoms with Gasteiger partial charge >= 0.3 is 0 Å². The predicted octanol–water partition coefficient (Wildman–Crippen LogP) is 4.65. The highest BCUT2D eigenvalue weighted by molar-refractivity contribution is 8.01. The summed E-state index contributed by atoms with van der Waals surface area (Å²) < 4.78 is 0.882. The summed E-state index contributed by atoms with van der Waals surface area (Å²) in [5, 5.41) is 16.1. The number of nitrogens with one attached hydrogen (secondary N) is 2. The van der Waals surface area contributed by atoms with Crippen LogP contribution in [0.15, 0.2) is 34.7 Å². The Hall–Kier alpha value is -2.46. The molecule has 8 nitrogen and oxygen atoms in total. The van der Waals surface area contributed by atoms with Crippen molar-refractivity contribution in [3.05, 3.63) is 36.2 Å². The van der Waals surface area contributed by atoms with Crippen LogP contribution < -0.4 is 16.4 Å². The Morgan fingerprint density at radius 2 is 1.86 bits per heavy atom. The number of rotatable bonds is 7. The molecule has 4 N–H and O–H groups in total. The van der Waals surface area contributed by atoms with Crippen molar-refractivity contribution >= 4 is 45.8 Å². The minimum absolute atomic E-state index is 0.0351. The summed E-state index contributed by atoms with van der Waals surface area (Å²) in [5.41, 5.74) is 6.80. The maximum atomic E-state index is 5.91. The molecule has 0 bridgehead atoms. The predicted molar refractivity (Wildman–Crippen MR) is 119 cm³/mol. The van der Waals surface area contributed by atoms with E-state index in [4.69, 9.17) is 5.73 Å². The van der Waals surface area contributed by atoms with Gasteiger partial charge in [-0.25, -0.2) is 0 Å². The van der Waals surface area contributed by atoms with Gasteiger partial charge in [-0.05, 0) is 31.9 Å². The van der Waals surface area contributed by atoms with E-state index in [1.165, 1.54) is 32.1 Å². The molecule has 29 heavy (non-hydrogen) atoms. The quantitative estimate of drug-likeness (QED) is 0.463. The Bertz CT molecular complexity index is 927. The molecule has 0 aliphatic heterocycles. The van der Waals surface area contributed by atoms with Crippen molar-refractivity contribution in [1.82, 2.24) is 25.1 Å². The first-order valence-corrected chi connectivity index (χ1v) is 11.5. The molecule has 1 fully saturated rings. The lowest BCUT2D eigenvalue weighted by molar-refractivity contribution is 0.462. The summed E-state index contributed by atoms with van der Waals surface area (Å²) in [6.07, 6.45) is 6.33. The van der Waals surface area contributed by atoms with Gasteiger partial charge in [-0.2, -0.15) is 15.0 Å². The summed E-state index contributed by atoms with van der Waals surface area (Å²) in [4.78, 5) is 13.0. The van der Waals surface area contributed by atoms with Crippen LogP contribution >= 0.6 is 23.1 Å². The van der Waals surface area contributed by atoms with Crippen molar-refractivity contribution in [2.45, 2.75) is 54.7 Å². The molecule has 1 saturated carbocycles. The van der Waals surface area contributed by atoms with Crippen LogP contribution in [0, 0.1) is 0 Å². The number of hydrogen-bond acceptors (Lipinski definition) is 10. The lowest BCUT2D eigenvalue weighted by atomic mass is 9.96. The van der Waals surface area contributed by atoms with Gasteiger partial charge in [0.05, 0.1) is 5.25 Å². The first kappa shape index (κ1) is 19.8. The van der Waals surface area contributed by atoms with E-state index >= 15 is 0 Å². The standard InChI is InChI=1S/C19H24N8S2/c1-12(28-19-27-26-18(29-19)22-14-10-6-3-7-11-14)15-23-16(20)25-17(24-15)21-13-8-4-2-5-9-13/h2,4-5,8-9,12,14H,3,6-7,10-11H2,1H3,(H,22,26)(H3,20,21,23,24,25). The number of anilines is 4. The highest BCUT2D eigenvalue weighted by Gasteiger charge is 2.18. The SMILES string of the molecule is CC(Sc1nnc(NC2CCCCC2)s1)c1nc(N)nc(Nc2ccccc2)n1. The highest BCUT2D eigenvalue weighted by Crippen LogP contribution is 2.37. The third-order valence-corrected chi connectivity index (χ3v) is 6.72. The number of hydrogen-bond donors (Lipinski definition) is 3. The monoisotopic (exact) mass is 428 g/mol. The molecule has 152 valence electrons. The molecular weight excluding hydrogens is 404 g/mol. The average molecular weight is 429 g/mol. The Morgan fingerprint density at radius 1 is 1.07 bits per heavy atom. The highest BCUT2D eigenvalue weighted by atomic mass is 32.2. The van der Waals surface area contributed by atoms with Gasteiger partial charge in [0.2, 0.25) is 17.0 Å². The Kier molecular flexibility index (Phi) is 6.40. The summed E-state index contributed by atoms with van der Waals surface area (Å²) >= 11 is 3.14. The molecule has 0 amide bonds. The number of nitrogens with two attached hydrogens (primary N) is 1. The largest absolute Gasteiger partial charge is 0.368 e. The third-order valence-electron chi connectivity index (χ3n) is 4.68. The van der Waals surface area contributed by atoms with Gasteiger partial charge in [-0.3, -0.25) is 0 Å². The number of nitrogens with zero attached hydrogens (tertiary/aromatic N) is 5. The molecule has 1 atom stereocenters. The van der Waals surface area contributed by atoms with Crippen molar-refractivity contribution in [2.75, 3.05) is 16.4 Å². The summed E-state index contributed by atoms with van der Waals surface area (Å²) in [7, 11) is 0.